The van der Waals surface area contributed by atoms with E-state index in [4.69, 9.17) is 9.63 Å². The van der Waals surface area contributed by atoms with Crippen LogP contribution in [0.25, 0.3) is 0 Å². The third-order valence-electron chi connectivity index (χ3n) is 13.5. The number of rotatable bonds is 25. The molecule has 85 heavy (non-hydrogen) atoms. The van der Waals surface area contributed by atoms with Crippen LogP contribution in [0.5, 0.6) is 0 Å². The maximum atomic E-state index is 12.7. The van der Waals surface area contributed by atoms with Crippen LogP contribution < -0.4 is 117 Å². The van der Waals surface area contributed by atoms with Gasteiger partial charge in [-0.3, -0.25) is 37.6 Å². The molecule has 444 valence electrons. The Morgan fingerprint density at radius 1 is 0.847 bits per heavy atom. The van der Waals surface area contributed by atoms with Crippen molar-refractivity contribution in [3.05, 3.63) is 104 Å². The number of hydrogen-bond donors (Lipinski definition) is 5. The number of fused-ring (bicyclic) bond motifs is 2. The molecule has 5 N–H and O–H groups in total. The number of amides is 2. The molecule has 0 aliphatic carbocycles. The molecule has 0 spiro atoms. The number of aromatic amines is 1. The number of phosphoric ester groups is 1. The van der Waals surface area contributed by atoms with Crippen molar-refractivity contribution in [2.45, 2.75) is 125 Å². The smallest absolute Gasteiger partial charge is 0.756 e. The van der Waals surface area contributed by atoms with E-state index in [0.29, 0.717) is 62.7 Å². The van der Waals surface area contributed by atoms with E-state index in [1.807, 2.05) is 62.5 Å². The van der Waals surface area contributed by atoms with Crippen LogP contribution in [0.1, 0.15) is 108 Å². The number of benzene rings is 2. The van der Waals surface area contributed by atoms with Crippen LogP contribution in [-0.4, -0.2) is 113 Å². The molecule has 2 amide bonds. The van der Waals surface area contributed by atoms with Crippen LogP contribution in [0.4, 0.5) is 11.4 Å². The van der Waals surface area contributed by atoms with Crippen LogP contribution in [0.2, 0.25) is 0 Å². The number of carbonyl (C=O) groups is 2. The number of phosphoric acid groups is 3. The first kappa shape index (κ1) is 78.2. The molecule has 3 aromatic rings. The van der Waals surface area contributed by atoms with Crippen molar-refractivity contribution in [1.29, 1.82) is 0 Å². The fraction of sp³-hybridized carbons (Fsp3) is 0.479. The Morgan fingerprint density at radius 3 is 2.05 bits per heavy atom. The minimum absolute atomic E-state index is 0. The van der Waals surface area contributed by atoms with Crippen molar-refractivity contribution in [3.63, 3.8) is 0 Å². The summed E-state index contributed by atoms with van der Waals surface area (Å²) >= 11 is 0. The summed E-state index contributed by atoms with van der Waals surface area (Å²) in [6.45, 7) is 7.30. The molecule has 3 aliphatic rings. The number of H-pyrrole nitrogens is 1. The molecule has 1 aromatic heterocycles. The number of aliphatic hydroxyl groups excluding tert-OH is 1. The van der Waals surface area contributed by atoms with Crippen molar-refractivity contribution >= 4 is 72.6 Å². The van der Waals surface area contributed by atoms with Gasteiger partial charge in [-0.1, -0.05) is 44.6 Å². The molecule has 37 heteroatoms. The summed E-state index contributed by atoms with van der Waals surface area (Å²) in [6, 6.07) is 8.61. The fourth-order valence-corrected chi connectivity index (χ4v) is 13.4. The van der Waals surface area contributed by atoms with E-state index in [-0.39, 0.29) is 128 Å². The molecular weight excluding hydrogens is 1200 g/mol. The molecule has 6 atom stereocenters. The second-order valence-corrected chi connectivity index (χ2v) is 27.1. The van der Waals surface area contributed by atoms with Gasteiger partial charge in [-0.15, -0.1) is 0 Å². The Kier molecular flexibility index (Phi) is 29.2. The zero-order valence-corrected chi connectivity index (χ0v) is 52.6. The Hall–Kier alpha value is -2.89. The third-order valence-corrected chi connectivity index (χ3v) is 18.9. The van der Waals surface area contributed by atoms with Gasteiger partial charge in [-0.2, -0.15) is 4.58 Å². The fourth-order valence-electron chi connectivity index (χ4n) is 9.53. The molecule has 3 aliphatic heterocycles. The van der Waals surface area contributed by atoms with Gasteiger partial charge in [0.15, 0.2) is 5.71 Å². The summed E-state index contributed by atoms with van der Waals surface area (Å²) in [6.07, 6.45) is 5.89. The molecule has 1 fully saturated rings. The molecule has 6 rings (SSSR count). The Labute approximate surface area is 539 Å². The summed E-state index contributed by atoms with van der Waals surface area (Å²) in [5.41, 5.74) is 0.874. The Balaban J connectivity index is 0.00000616. The first-order valence-corrected chi connectivity index (χ1v) is 32.2. The van der Waals surface area contributed by atoms with Gasteiger partial charge in [-0.25, -0.2) is 30.3 Å². The third kappa shape index (κ3) is 21.1. The van der Waals surface area contributed by atoms with Gasteiger partial charge in [0.1, 0.15) is 45.2 Å². The van der Waals surface area contributed by atoms with E-state index in [1.54, 1.807) is 12.1 Å². The predicted molar refractivity (Wildman–Crippen MR) is 279 cm³/mol. The Morgan fingerprint density at radius 2 is 1.44 bits per heavy atom. The predicted octanol–water partition coefficient (Wildman–Crippen LogP) is -10.9. The number of nitrogens with zero attached hydrogens (tertiary/aromatic N) is 3. The van der Waals surface area contributed by atoms with Gasteiger partial charge >= 0.3 is 81.1 Å². The van der Waals surface area contributed by atoms with E-state index in [9.17, 15) is 78.6 Å². The van der Waals surface area contributed by atoms with Crippen molar-refractivity contribution < 1.29 is 172 Å². The van der Waals surface area contributed by atoms with Crippen LogP contribution in [-0.2, 0) is 72.2 Å². The number of nitrogens with one attached hydrogen (secondary N) is 3. The van der Waals surface area contributed by atoms with Crippen LogP contribution >= 0.6 is 23.5 Å². The number of allylic oxidation sites excluding steroid dienone is 4. The number of hydrogen-bond acceptors (Lipinski definition) is 22. The second-order valence-electron chi connectivity index (χ2n) is 20.0. The van der Waals surface area contributed by atoms with Crippen molar-refractivity contribution in [1.82, 2.24) is 20.2 Å². The van der Waals surface area contributed by atoms with Gasteiger partial charge in [0.2, 0.25) is 17.5 Å². The topological polar surface area (TPSA) is 431 Å². The monoisotopic (exact) mass is 1260 g/mol. The summed E-state index contributed by atoms with van der Waals surface area (Å²) in [5.74, 6) is 4.59. The van der Waals surface area contributed by atoms with Gasteiger partial charge in [0.25, 0.3) is 29.0 Å². The maximum Gasteiger partial charge on any atom is 1.00 e. The number of unbranched alkanes of at least 4 members (excludes halogenated alkanes) is 4. The Bertz CT molecular complexity index is 3620. The molecular formula is C48H59Li4N6O22P3S2. The van der Waals surface area contributed by atoms with Gasteiger partial charge in [0.05, 0.1) is 34.5 Å². The quantitative estimate of drug-likeness (QED) is 0.0131. The number of aliphatic hydroxyl groups is 1. The van der Waals surface area contributed by atoms with E-state index in [0.717, 1.165) is 33.5 Å². The average Bonchev–Trinajstić information content (AvgIpc) is 3.88. The van der Waals surface area contributed by atoms with Crippen molar-refractivity contribution in [2.24, 2.45) is 0 Å². The zero-order valence-electron chi connectivity index (χ0n) is 48.3. The van der Waals surface area contributed by atoms with E-state index < -0.39 is 90.8 Å². The number of carbonyl (C=O) groups excluding carboxylic acids is 2. The molecule has 6 unspecified atom stereocenters. The van der Waals surface area contributed by atoms with Crippen LogP contribution in [0.15, 0.2) is 85.9 Å². The van der Waals surface area contributed by atoms with E-state index in [2.05, 4.69) is 40.5 Å². The molecule has 28 nitrogen and oxygen atoms in total. The molecule has 0 saturated carbocycles. The van der Waals surface area contributed by atoms with Gasteiger partial charge in [-0.05, 0) is 81.5 Å². The molecule has 2 aromatic carbocycles. The second kappa shape index (κ2) is 31.7. The maximum absolute atomic E-state index is 12.7. The van der Waals surface area contributed by atoms with Gasteiger partial charge in [0, 0.05) is 73.1 Å². The average molecular weight is 1260 g/mol. The molecule has 1 saturated heterocycles. The summed E-state index contributed by atoms with van der Waals surface area (Å²) < 4.78 is 125. The summed E-state index contributed by atoms with van der Waals surface area (Å²) in [5, 5.41) is 15.8. The minimum Gasteiger partial charge on any atom is -0.756 e. The zero-order chi connectivity index (χ0) is 60.1. The summed E-state index contributed by atoms with van der Waals surface area (Å²) in [7, 11) is -25.6. The largest absolute Gasteiger partial charge is 1.00 e. The molecule has 0 radical (unpaired) electrons. The number of anilines is 1. The van der Waals surface area contributed by atoms with Crippen LogP contribution in [0.3, 0.4) is 0 Å². The van der Waals surface area contributed by atoms with E-state index in [1.165, 1.54) is 24.3 Å². The van der Waals surface area contributed by atoms with Crippen molar-refractivity contribution in [2.75, 3.05) is 38.2 Å². The molecule has 4 heterocycles. The first-order valence-electron chi connectivity index (χ1n) is 24.9. The van der Waals surface area contributed by atoms with Crippen LogP contribution in [0, 0.1) is 11.8 Å². The van der Waals surface area contributed by atoms with Crippen molar-refractivity contribution in [3.8, 4) is 11.8 Å². The first-order chi connectivity index (χ1) is 37.5. The normalized spacial score (nSPS) is 20.2. The SMILES string of the molecule is C[N+]1=C(/C=C/C=C2/N(CCCCCC(=O)NCCCCCC(=O)NCC#Cc3cn(C4CC(O)C(COP(=O)([O-])OP(=O)([O-])OP(=O)([O-])O)O4)c(=O)[nH]c3=O)c3ccc(S(=O)(=O)[O-])cc3C2(C)C)C(C)(C)c2cc(S(=O)(=O)[O-])ccc21.[Li+].[Li+].[Li+].[Li+]. The minimum atomic E-state index is -6.18. The summed E-state index contributed by atoms with van der Waals surface area (Å²) in [4.78, 5) is 96.1. The standard InChI is InChI=1S/C48H63N6O22P3S2.4Li/c1-47(2)34-26-32(80(67,68)69)19-21-36(34)52(5)40(47)15-12-16-41-48(3,4)35-27-33(81(70,71)72)20-22-37(35)53(41)25-11-7-9-18-42(56)49-23-10-6-8-17-43(57)50-24-13-14-31-29-54(46(59)51-45(31)58)44-28-38(55)39(74-44)30-73-78(63,64)76-79(65,66)75-77(60,61)62;;;;/h12,15-16,19-22,26-27,29,38-39,44,55H,6-11,17-18,23-25,28,30H2,1-5H3,(H8-,49,50,51,56,57,58,59,60,61,62,63,64,65,66,67,68,69,70,71,72);;;;/q;4*+1/p-4. The number of aromatic nitrogens is 2. The molecule has 0 bridgehead atoms. The van der Waals surface area contributed by atoms with E-state index >= 15 is 0 Å². The number of ether oxygens (including phenoxy) is 1. The van der Waals surface area contributed by atoms with Gasteiger partial charge < -0.3 is 58.6 Å².